The predicted molar refractivity (Wildman–Crippen MR) is 80.5 cm³/mol. The Bertz CT molecular complexity index is 770. The van der Waals surface area contributed by atoms with Crippen LogP contribution in [0.3, 0.4) is 0 Å². The molecule has 3 rings (SSSR count). The van der Waals surface area contributed by atoms with Crippen LogP contribution in [0, 0.1) is 28.9 Å². The van der Waals surface area contributed by atoms with Gasteiger partial charge in [0.05, 0.1) is 17.6 Å². The number of likely N-dealkylation sites (tertiary alicyclic amines) is 1. The molecule has 116 valence electrons. The number of hydrogen-bond acceptors (Lipinski definition) is 2. The maximum Gasteiger partial charge on any atom is 0.256 e. The average molecular weight is 312 g/mol. The molecule has 23 heavy (non-hydrogen) atoms. The van der Waals surface area contributed by atoms with Crippen molar-refractivity contribution in [1.82, 2.24) is 4.90 Å². The van der Waals surface area contributed by atoms with E-state index in [9.17, 15) is 18.8 Å². The number of halogens is 2. The molecule has 0 aliphatic carbocycles. The van der Waals surface area contributed by atoms with E-state index in [4.69, 9.17) is 0 Å². The third kappa shape index (κ3) is 2.93. The fourth-order valence-electron chi connectivity index (χ4n) is 2.97. The number of nitrogens with zero attached hydrogens (tertiary/aromatic N) is 2. The van der Waals surface area contributed by atoms with Crippen LogP contribution in [0.4, 0.5) is 8.78 Å². The fourth-order valence-corrected chi connectivity index (χ4v) is 2.97. The Balaban J connectivity index is 1.85. The molecule has 0 radical (unpaired) electrons. The van der Waals surface area contributed by atoms with Crippen LogP contribution in [-0.2, 0) is 0 Å². The lowest BCUT2D eigenvalue weighted by molar-refractivity contribution is 0.0783. The zero-order chi connectivity index (χ0) is 16.4. The normalized spacial score (nSPS) is 20.3. The molecule has 2 atom stereocenters. The van der Waals surface area contributed by atoms with Crippen molar-refractivity contribution in [3.05, 3.63) is 71.3 Å². The molecule has 0 unspecified atom stereocenters. The molecule has 5 heteroatoms. The summed E-state index contributed by atoms with van der Waals surface area (Å²) in [6, 6.07) is 14.6. The number of carbonyl (C=O) groups excluding carboxylic acids is 1. The largest absolute Gasteiger partial charge is 0.337 e. The van der Waals surface area contributed by atoms with Gasteiger partial charge in [-0.05, 0) is 17.7 Å². The quantitative estimate of drug-likeness (QED) is 0.853. The van der Waals surface area contributed by atoms with Gasteiger partial charge in [-0.15, -0.1) is 0 Å². The van der Waals surface area contributed by atoms with Gasteiger partial charge in [-0.3, -0.25) is 4.79 Å². The zero-order valence-corrected chi connectivity index (χ0v) is 12.2. The summed E-state index contributed by atoms with van der Waals surface area (Å²) in [7, 11) is 0. The fraction of sp³-hybridized carbons (Fsp3) is 0.222. The van der Waals surface area contributed by atoms with Crippen LogP contribution in [-0.4, -0.2) is 23.9 Å². The lowest BCUT2D eigenvalue weighted by Crippen LogP contribution is -2.29. The Kier molecular flexibility index (Phi) is 4.07. The standard InChI is InChI=1S/C18H14F2N2O/c19-14-6-7-15(17(20)8-14)18(23)22-10-13(9-21)16(11-22)12-4-2-1-3-5-12/h1-8,13,16H,10-11H2/t13-,16+/m1/s1. The average Bonchev–Trinajstić information content (AvgIpc) is 2.99. The molecule has 1 aliphatic rings. The smallest absolute Gasteiger partial charge is 0.256 e. The van der Waals surface area contributed by atoms with Crippen LogP contribution in [0.5, 0.6) is 0 Å². The third-order valence-electron chi connectivity index (χ3n) is 4.16. The van der Waals surface area contributed by atoms with Gasteiger partial charge in [-0.1, -0.05) is 30.3 Å². The summed E-state index contributed by atoms with van der Waals surface area (Å²) in [4.78, 5) is 13.9. The summed E-state index contributed by atoms with van der Waals surface area (Å²) in [6.45, 7) is 0.587. The maximum absolute atomic E-state index is 13.8. The summed E-state index contributed by atoms with van der Waals surface area (Å²) in [5.74, 6) is -2.57. The molecule has 1 heterocycles. The SMILES string of the molecule is N#C[C@@H]1CN(C(=O)c2ccc(F)cc2F)C[C@H]1c1ccccc1. The van der Waals surface area contributed by atoms with Gasteiger partial charge in [-0.2, -0.15) is 5.26 Å². The molecule has 0 spiro atoms. The lowest BCUT2D eigenvalue weighted by atomic mass is 9.90. The van der Waals surface area contributed by atoms with Gasteiger partial charge in [0.25, 0.3) is 5.91 Å². The Hall–Kier alpha value is -2.74. The number of hydrogen-bond donors (Lipinski definition) is 0. The Morgan fingerprint density at radius 3 is 2.52 bits per heavy atom. The van der Waals surface area contributed by atoms with Crippen LogP contribution < -0.4 is 0 Å². The van der Waals surface area contributed by atoms with Crippen molar-refractivity contribution in [3.63, 3.8) is 0 Å². The highest BCUT2D eigenvalue weighted by Crippen LogP contribution is 2.33. The van der Waals surface area contributed by atoms with E-state index in [1.54, 1.807) is 0 Å². The first-order valence-corrected chi connectivity index (χ1v) is 7.29. The van der Waals surface area contributed by atoms with Crippen LogP contribution in [0.2, 0.25) is 0 Å². The number of rotatable bonds is 2. The second-order valence-corrected chi connectivity index (χ2v) is 5.59. The second kappa shape index (κ2) is 6.17. The number of carbonyl (C=O) groups is 1. The van der Waals surface area contributed by atoms with Crippen LogP contribution >= 0.6 is 0 Å². The summed E-state index contributed by atoms with van der Waals surface area (Å²) < 4.78 is 26.8. The summed E-state index contributed by atoms with van der Waals surface area (Å²) in [5.41, 5.74) is 0.811. The topological polar surface area (TPSA) is 44.1 Å². The first kappa shape index (κ1) is 15.2. The minimum Gasteiger partial charge on any atom is -0.337 e. The van der Waals surface area contributed by atoms with Gasteiger partial charge >= 0.3 is 0 Å². The minimum atomic E-state index is -0.883. The van der Waals surface area contributed by atoms with Gasteiger partial charge < -0.3 is 4.90 Å². The van der Waals surface area contributed by atoms with Crippen molar-refractivity contribution in [3.8, 4) is 6.07 Å². The maximum atomic E-state index is 13.8. The second-order valence-electron chi connectivity index (χ2n) is 5.59. The number of benzene rings is 2. The zero-order valence-electron chi connectivity index (χ0n) is 12.2. The summed E-state index contributed by atoms with van der Waals surface area (Å²) in [6.07, 6.45) is 0. The highest BCUT2D eigenvalue weighted by molar-refractivity contribution is 5.94. The highest BCUT2D eigenvalue weighted by Gasteiger charge is 2.37. The van der Waals surface area contributed by atoms with Crippen LogP contribution in [0.1, 0.15) is 21.8 Å². The van der Waals surface area contributed by atoms with Crippen molar-refractivity contribution in [1.29, 1.82) is 5.26 Å². The van der Waals surface area contributed by atoms with E-state index in [2.05, 4.69) is 6.07 Å². The Morgan fingerprint density at radius 2 is 1.87 bits per heavy atom. The van der Waals surface area contributed by atoms with Crippen LogP contribution in [0.25, 0.3) is 0 Å². The molecule has 2 aromatic carbocycles. The number of nitriles is 1. The van der Waals surface area contributed by atoms with Crippen molar-refractivity contribution in [2.24, 2.45) is 5.92 Å². The van der Waals surface area contributed by atoms with E-state index in [1.165, 1.54) is 4.90 Å². The van der Waals surface area contributed by atoms with Gasteiger partial charge in [0.2, 0.25) is 0 Å². The molecule has 2 aromatic rings. The summed E-state index contributed by atoms with van der Waals surface area (Å²) in [5, 5.41) is 9.35. The van der Waals surface area contributed by atoms with Crippen molar-refractivity contribution >= 4 is 5.91 Å². The molecule has 0 aromatic heterocycles. The first-order chi connectivity index (χ1) is 11.1. The molecule has 1 saturated heterocycles. The Morgan fingerprint density at radius 1 is 1.13 bits per heavy atom. The molecular formula is C18H14F2N2O. The van der Waals surface area contributed by atoms with E-state index >= 15 is 0 Å². The van der Waals surface area contributed by atoms with Crippen molar-refractivity contribution < 1.29 is 13.6 Å². The Labute approximate surface area is 132 Å². The molecule has 1 fully saturated rings. The summed E-state index contributed by atoms with van der Waals surface area (Å²) >= 11 is 0. The molecule has 0 saturated carbocycles. The minimum absolute atomic E-state index is 0.103. The van der Waals surface area contributed by atoms with Gasteiger partial charge in [0.1, 0.15) is 11.6 Å². The molecule has 0 N–H and O–H groups in total. The molecule has 3 nitrogen and oxygen atoms in total. The van der Waals surface area contributed by atoms with E-state index in [0.717, 1.165) is 17.7 Å². The van der Waals surface area contributed by atoms with Gasteiger partial charge in [-0.25, -0.2) is 8.78 Å². The predicted octanol–water partition coefficient (Wildman–Crippen LogP) is 3.34. The lowest BCUT2D eigenvalue weighted by Gasteiger charge is -2.17. The molecule has 0 bridgehead atoms. The van der Waals surface area contributed by atoms with E-state index in [-0.39, 0.29) is 23.9 Å². The van der Waals surface area contributed by atoms with E-state index in [1.807, 2.05) is 30.3 Å². The van der Waals surface area contributed by atoms with Crippen LogP contribution in [0.15, 0.2) is 48.5 Å². The van der Waals surface area contributed by atoms with Gasteiger partial charge in [0, 0.05) is 25.1 Å². The van der Waals surface area contributed by atoms with Crippen molar-refractivity contribution in [2.45, 2.75) is 5.92 Å². The third-order valence-corrected chi connectivity index (χ3v) is 4.16. The van der Waals surface area contributed by atoms with Crippen molar-refractivity contribution in [2.75, 3.05) is 13.1 Å². The monoisotopic (exact) mass is 312 g/mol. The van der Waals surface area contributed by atoms with Gasteiger partial charge in [0.15, 0.2) is 0 Å². The highest BCUT2D eigenvalue weighted by atomic mass is 19.1. The van der Waals surface area contributed by atoms with E-state index in [0.29, 0.717) is 12.6 Å². The molecular weight excluding hydrogens is 298 g/mol. The first-order valence-electron chi connectivity index (χ1n) is 7.29. The number of amides is 1. The molecule has 1 amide bonds. The molecule has 1 aliphatic heterocycles. The van der Waals surface area contributed by atoms with E-state index < -0.39 is 17.5 Å².